The quantitative estimate of drug-likeness (QED) is 0.519. The van der Waals surface area contributed by atoms with E-state index in [4.69, 9.17) is 9.47 Å². The standard InChI is InChI=1S/C20H21NO4/c1-4-7-13-10-11-17(15-9-6-5-8-14(13)15)21-12-16-18(22)24-20(2,3)25-19(16)23/h5-6,8-12,21H,4,7H2,1-3H3. The molecule has 1 aliphatic heterocycles. The van der Waals surface area contributed by atoms with Crippen molar-refractivity contribution in [3.63, 3.8) is 0 Å². The van der Waals surface area contributed by atoms with Gasteiger partial charge in [-0.1, -0.05) is 43.7 Å². The van der Waals surface area contributed by atoms with Crippen LogP contribution in [0.25, 0.3) is 10.8 Å². The molecule has 1 aliphatic rings. The molecule has 0 amide bonds. The zero-order valence-electron chi connectivity index (χ0n) is 14.6. The van der Waals surface area contributed by atoms with Crippen molar-refractivity contribution in [2.45, 2.75) is 39.4 Å². The first-order chi connectivity index (χ1) is 11.9. The molecule has 1 fully saturated rings. The van der Waals surface area contributed by atoms with Gasteiger partial charge in [-0.05, 0) is 23.4 Å². The summed E-state index contributed by atoms with van der Waals surface area (Å²) in [5, 5.41) is 5.24. The van der Waals surface area contributed by atoms with E-state index in [0.717, 1.165) is 29.3 Å². The van der Waals surface area contributed by atoms with Crippen LogP contribution in [0.1, 0.15) is 32.8 Å². The van der Waals surface area contributed by atoms with Gasteiger partial charge in [-0.3, -0.25) is 0 Å². The van der Waals surface area contributed by atoms with Crippen LogP contribution >= 0.6 is 0 Å². The fraction of sp³-hybridized carbons (Fsp3) is 0.300. The van der Waals surface area contributed by atoms with E-state index >= 15 is 0 Å². The van der Waals surface area contributed by atoms with Gasteiger partial charge in [-0.2, -0.15) is 0 Å². The van der Waals surface area contributed by atoms with Gasteiger partial charge in [0.1, 0.15) is 0 Å². The van der Waals surface area contributed by atoms with Gasteiger partial charge in [-0.25, -0.2) is 9.59 Å². The summed E-state index contributed by atoms with van der Waals surface area (Å²) in [5.74, 6) is -2.62. The molecule has 0 spiro atoms. The van der Waals surface area contributed by atoms with Crippen molar-refractivity contribution in [1.82, 2.24) is 0 Å². The number of fused-ring (bicyclic) bond motifs is 1. The van der Waals surface area contributed by atoms with Crippen LogP contribution < -0.4 is 5.32 Å². The second-order valence-corrected chi connectivity index (χ2v) is 6.45. The van der Waals surface area contributed by atoms with E-state index in [0.29, 0.717) is 0 Å². The molecule has 0 atom stereocenters. The highest BCUT2D eigenvalue weighted by molar-refractivity contribution is 6.15. The second-order valence-electron chi connectivity index (χ2n) is 6.45. The van der Waals surface area contributed by atoms with Crippen molar-refractivity contribution in [1.29, 1.82) is 0 Å². The molecule has 2 aromatic carbocycles. The molecule has 1 heterocycles. The van der Waals surface area contributed by atoms with Crippen molar-refractivity contribution >= 4 is 28.4 Å². The number of hydrogen-bond donors (Lipinski definition) is 1. The normalized spacial score (nSPS) is 16.4. The average Bonchev–Trinajstić information content (AvgIpc) is 2.55. The summed E-state index contributed by atoms with van der Waals surface area (Å²) in [6, 6.07) is 12.1. The number of hydrogen-bond acceptors (Lipinski definition) is 5. The van der Waals surface area contributed by atoms with E-state index in [2.05, 4.69) is 24.4 Å². The third kappa shape index (κ3) is 3.50. The van der Waals surface area contributed by atoms with E-state index in [-0.39, 0.29) is 5.57 Å². The third-order valence-electron chi connectivity index (χ3n) is 4.02. The van der Waals surface area contributed by atoms with Crippen LogP contribution in [0.15, 0.2) is 48.2 Å². The Hall–Kier alpha value is -2.82. The monoisotopic (exact) mass is 339 g/mol. The molecule has 0 saturated carbocycles. The van der Waals surface area contributed by atoms with Crippen LogP contribution in [0.4, 0.5) is 5.69 Å². The Morgan fingerprint density at radius 2 is 1.64 bits per heavy atom. The summed E-state index contributed by atoms with van der Waals surface area (Å²) in [4.78, 5) is 24.0. The van der Waals surface area contributed by atoms with Gasteiger partial charge in [0.15, 0.2) is 5.57 Å². The number of carbonyl (C=O) groups excluding carboxylic acids is 2. The van der Waals surface area contributed by atoms with Crippen LogP contribution in [0, 0.1) is 0 Å². The smallest absolute Gasteiger partial charge is 0.350 e. The number of cyclic esters (lactones) is 2. The highest BCUT2D eigenvalue weighted by Crippen LogP contribution is 2.28. The minimum absolute atomic E-state index is 0.152. The zero-order valence-corrected chi connectivity index (χ0v) is 14.6. The Bertz CT molecular complexity index is 845. The lowest BCUT2D eigenvalue weighted by Gasteiger charge is -2.29. The van der Waals surface area contributed by atoms with Gasteiger partial charge < -0.3 is 14.8 Å². The maximum Gasteiger partial charge on any atom is 0.350 e. The number of aryl methyl sites for hydroxylation is 1. The summed E-state index contributed by atoms with van der Waals surface area (Å²) < 4.78 is 10.2. The van der Waals surface area contributed by atoms with Gasteiger partial charge >= 0.3 is 11.9 Å². The predicted octanol–water partition coefficient (Wildman–Crippen LogP) is 3.92. The lowest BCUT2D eigenvalue weighted by atomic mass is 10.00. The van der Waals surface area contributed by atoms with Crippen molar-refractivity contribution < 1.29 is 19.1 Å². The predicted molar refractivity (Wildman–Crippen MR) is 95.9 cm³/mol. The Balaban J connectivity index is 1.93. The molecule has 130 valence electrons. The molecule has 0 aliphatic carbocycles. The van der Waals surface area contributed by atoms with Gasteiger partial charge in [0.25, 0.3) is 5.79 Å². The maximum atomic E-state index is 12.0. The lowest BCUT2D eigenvalue weighted by molar-refractivity contribution is -0.222. The minimum atomic E-state index is -1.24. The molecule has 0 radical (unpaired) electrons. The molecule has 0 bridgehead atoms. The molecular formula is C20H21NO4. The fourth-order valence-electron chi connectivity index (χ4n) is 2.90. The highest BCUT2D eigenvalue weighted by Gasteiger charge is 2.38. The number of rotatable bonds is 4. The highest BCUT2D eigenvalue weighted by atomic mass is 16.7. The van der Waals surface area contributed by atoms with E-state index in [1.807, 2.05) is 24.3 Å². The Morgan fingerprint density at radius 1 is 1.00 bits per heavy atom. The second kappa shape index (κ2) is 6.59. The van der Waals surface area contributed by atoms with Gasteiger partial charge in [0, 0.05) is 31.1 Å². The first-order valence-corrected chi connectivity index (χ1v) is 8.35. The molecule has 5 heteroatoms. The Labute approximate surface area is 146 Å². The first-order valence-electron chi connectivity index (χ1n) is 8.35. The number of benzene rings is 2. The maximum absolute atomic E-state index is 12.0. The largest absolute Gasteiger partial charge is 0.419 e. The van der Waals surface area contributed by atoms with E-state index in [1.165, 1.54) is 25.6 Å². The van der Waals surface area contributed by atoms with Gasteiger partial charge in [0.2, 0.25) is 0 Å². The lowest BCUT2D eigenvalue weighted by Crippen LogP contribution is -2.42. The van der Waals surface area contributed by atoms with Crippen LogP contribution in [-0.2, 0) is 25.5 Å². The molecule has 0 aromatic heterocycles. The van der Waals surface area contributed by atoms with Gasteiger partial charge in [-0.15, -0.1) is 0 Å². The fourth-order valence-corrected chi connectivity index (χ4v) is 2.90. The first kappa shape index (κ1) is 17.0. The summed E-state index contributed by atoms with van der Waals surface area (Å²) in [7, 11) is 0. The van der Waals surface area contributed by atoms with Crippen molar-refractivity contribution in [3.8, 4) is 0 Å². The van der Waals surface area contributed by atoms with E-state index in [1.54, 1.807) is 0 Å². The topological polar surface area (TPSA) is 64.6 Å². The van der Waals surface area contributed by atoms with E-state index in [9.17, 15) is 9.59 Å². The van der Waals surface area contributed by atoms with Crippen molar-refractivity contribution in [3.05, 3.63) is 53.7 Å². The number of ether oxygens (including phenoxy) is 2. The molecular weight excluding hydrogens is 318 g/mol. The Morgan fingerprint density at radius 3 is 2.28 bits per heavy atom. The molecule has 2 aromatic rings. The van der Waals surface area contributed by atoms with Crippen LogP contribution in [0.5, 0.6) is 0 Å². The van der Waals surface area contributed by atoms with E-state index < -0.39 is 17.7 Å². The van der Waals surface area contributed by atoms with Crippen LogP contribution in [0.3, 0.4) is 0 Å². The molecule has 3 rings (SSSR count). The molecule has 1 saturated heterocycles. The van der Waals surface area contributed by atoms with Crippen LogP contribution in [-0.4, -0.2) is 17.7 Å². The van der Waals surface area contributed by atoms with Gasteiger partial charge in [0.05, 0.1) is 0 Å². The molecule has 25 heavy (non-hydrogen) atoms. The summed E-state index contributed by atoms with van der Waals surface area (Å²) in [5.41, 5.74) is 1.93. The molecule has 0 unspecified atom stereocenters. The molecule has 1 N–H and O–H groups in total. The van der Waals surface area contributed by atoms with Crippen LogP contribution in [0.2, 0.25) is 0 Å². The molecule has 5 nitrogen and oxygen atoms in total. The minimum Gasteiger partial charge on any atom is -0.419 e. The summed E-state index contributed by atoms with van der Waals surface area (Å²) in [6.07, 6.45) is 3.41. The number of esters is 2. The van der Waals surface area contributed by atoms with Crippen molar-refractivity contribution in [2.24, 2.45) is 0 Å². The zero-order chi connectivity index (χ0) is 18.0. The van der Waals surface area contributed by atoms with Crippen molar-refractivity contribution in [2.75, 3.05) is 5.32 Å². The average molecular weight is 339 g/mol. The third-order valence-corrected chi connectivity index (χ3v) is 4.02. The Kier molecular flexibility index (Phi) is 4.49. The SMILES string of the molecule is CCCc1ccc(NC=C2C(=O)OC(C)(C)OC2=O)c2ccccc12. The summed E-state index contributed by atoms with van der Waals surface area (Å²) >= 11 is 0. The number of anilines is 1. The summed E-state index contributed by atoms with van der Waals surface area (Å²) in [6.45, 7) is 5.19. The number of nitrogens with one attached hydrogen (secondary N) is 1. The number of carbonyl (C=O) groups is 2.